The summed E-state index contributed by atoms with van der Waals surface area (Å²) in [6.07, 6.45) is 1.10. The largest absolute Gasteiger partial charge is 0.481 e. The Labute approximate surface area is 52.9 Å². The van der Waals surface area contributed by atoms with E-state index in [1.807, 2.05) is 6.07 Å². The normalized spacial score (nSPS) is 31.0. The summed E-state index contributed by atoms with van der Waals surface area (Å²) >= 11 is 0. The molecule has 0 amide bonds. The van der Waals surface area contributed by atoms with E-state index in [4.69, 9.17) is 10.4 Å². The summed E-state index contributed by atoms with van der Waals surface area (Å²) in [4.78, 5) is 10.1. The Morgan fingerprint density at radius 2 is 2.56 bits per heavy atom. The fourth-order valence-corrected chi connectivity index (χ4v) is 0.893. The molecule has 0 heterocycles. The summed E-state index contributed by atoms with van der Waals surface area (Å²) in [6.45, 7) is 0. The predicted molar refractivity (Wildman–Crippen MR) is 29.5 cm³/mol. The maximum atomic E-state index is 10.1. The number of carbonyl (C=O) groups is 1. The molecule has 1 fully saturated rings. The average molecular weight is 125 g/mol. The molecule has 1 aliphatic rings. The number of carboxylic acids is 1. The van der Waals surface area contributed by atoms with Crippen LogP contribution < -0.4 is 0 Å². The average Bonchev–Trinajstić information content (AvgIpc) is 2.47. The highest BCUT2D eigenvalue weighted by atomic mass is 16.4. The van der Waals surface area contributed by atoms with Crippen molar-refractivity contribution in [1.29, 1.82) is 5.26 Å². The lowest BCUT2D eigenvalue weighted by Gasteiger charge is -1.83. The topological polar surface area (TPSA) is 61.1 Å². The van der Waals surface area contributed by atoms with Crippen molar-refractivity contribution >= 4 is 5.97 Å². The van der Waals surface area contributed by atoms with Gasteiger partial charge < -0.3 is 5.11 Å². The van der Waals surface area contributed by atoms with E-state index in [0.29, 0.717) is 12.8 Å². The van der Waals surface area contributed by atoms with Crippen LogP contribution in [0, 0.1) is 23.2 Å². The van der Waals surface area contributed by atoms with Gasteiger partial charge in [-0.25, -0.2) is 0 Å². The molecule has 0 aromatic rings. The number of hydrogen-bond donors (Lipinski definition) is 1. The van der Waals surface area contributed by atoms with Crippen LogP contribution in [0.15, 0.2) is 0 Å². The number of nitriles is 1. The highest BCUT2D eigenvalue weighted by molar-refractivity contribution is 5.73. The minimum absolute atomic E-state index is 0.146. The van der Waals surface area contributed by atoms with Crippen LogP contribution in [0.1, 0.15) is 12.8 Å². The zero-order valence-corrected chi connectivity index (χ0v) is 4.87. The lowest BCUT2D eigenvalue weighted by Crippen LogP contribution is -1.98. The van der Waals surface area contributed by atoms with Crippen LogP contribution in [0.2, 0.25) is 0 Å². The van der Waals surface area contributed by atoms with Gasteiger partial charge in [0.2, 0.25) is 0 Å². The second kappa shape index (κ2) is 2.06. The first-order valence-corrected chi connectivity index (χ1v) is 2.85. The van der Waals surface area contributed by atoms with Crippen molar-refractivity contribution in [3.05, 3.63) is 0 Å². The highest BCUT2D eigenvalue weighted by Gasteiger charge is 2.42. The van der Waals surface area contributed by atoms with E-state index in [1.54, 1.807) is 0 Å². The maximum absolute atomic E-state index is 10.1. The van der Waals surface area contributed by atoms with Crippen LogP contribution >= 0.6 is 0 Å². The van der Waals surface area contributed by atoms with E-state index < -0.39 is 5.97 Å². The van der Waals surface area contributed by atoms with Crippen LogP contribution in [0.25, 0.3) is 0 Å². The van der Waals surface area contributed by atoms with Gasteiger partial charge in [-0.2, -0.15) is 5.26 Å². The Kier molecular flexibility index (Phi) is 1.39. The second-order valence-electron chi connectivity index (χ2n) is 2.30. The third-order valence-electron chi connectivity index (χ3n) is 1.59. The molecule has 1 N–H and O–H groups in total. The van der Waals surface area contributed by atoms with Crippen LogP contribution in [-0.4, -0.2) is 11.1 Å². The molecule has 0 spiro atoms. The van der Waals surface area contributed by atoms with E-state index in [1.165, 1.54) is 0 Å². The molecule has 0 bridgehead atoms. The third kappa shape index (κ3) is 1.20. The van der Waals surface area contributed by atoms with Crippen LogP contribution in [-0.2, 0) is 4.79 Å². The Morgan fingerprint density at radius 3 is 2.89 bits per heavy atom. The quantitative estimate of drug-likeness (QED) is 0.588. The molecule has 0 aliphatic heterocycles. The van der Waals surface area contributed by atoms with Gasteiger partial charge in [0.05, 0.1) is 12.0 Å². The third-order valence-corrected chi connectivity index (χ3v) is 1.59. The summed E-state index contributed by atoms with van der Waals surface area (Å²) in [5.74, 6) is -0.826. The van der Waals surface area contributed by atoms with Gasteiger partial charge in [0.25, 0.3) is 0 Å². The fraction of sp³-hybridized carbons (Fsp3) is 0.667. The van der Waals surface area contributed by atoms with Crippen molar-refractivity contribution in [2.24, 2.45) is 11.8 Å². The molecule has 9 heavy (non-hydrogen) atoms. The molecule has 0 saturated heterocycles. The summed E-state index contributed by atoms with van der Waals surface area (Å²) in [6, 6.07) is 1.95. The van der Waals surface area contributed by atoms with E-state index in [-0.39, 0.29) is 11.8 Å². The van der Waals surface area contributed by atoms with Crippen molar-refractivity contribution in [3.63, 3.8) is 0 Å². The monoisotopic (exact) mass is 125 g/mol. The van der Waals surface area contributed by atoms with E-state index >= 15 is 0 Å². The number of nitrogens with zero attached hydrogens (tertiary/aromatic N) is 1. The van der Waals surface area contributed by atoms with Gasteiger partial charge in [0.15, 0.2) is 0 Å². The van der Waals surface area contributed by atoms with Crippen molar-refractivity contribution in [2.75, 3.05) is 0 Å². The van der Waals surface area contributed by atoms with Gasteiger partial charge in [0, 0.05) is 6.42 Å². The molecule has 0 radical (unpaired) electrons. The predicted octanol–water partition coefficient (Wildman–Crippen LogP) is 0.621. The Bertz CT molecular complexity index is 170. The minimum atomic E-state index is -0.754. The summed E-state index contributed by atoms with van der Waals surface area (Å²) in [7, 11) is 0. The molecule has 0 aromatic carbocycles. The highest BCUT2D eigenvalue weighted by Crippen LogP contribution is 2.40. The standard InChI is InChI=1S/C6H7NO2/c7-2-1-4-3-5(4)6(8)9/h4-5H,1,3H2,(H,8,9)/t4-,5+/m1/s1. The van der Waals surface area contributed by atoms with E-state index in [2.05, 4.69) is 0 Å². The van der Waals surface area contributed by atoms with Gasteiger partial charge >= 0.3 is 5.97 Å². The SMILES string of the molecule is N#CC[C@@H]1C[C@@H]1C(=O)O. The maximum Gasteiger partial charge on any atom is 0.306 e. The smallest absolute Gasteiger partial charge is 0.306 e. The van der Waals surface area contributed by atoms with E-state index in [0.717, 1.165) is 0 Å². The first-order chi connectivity index (χ1) is 4.25. The molecule has 2 atom stereocenters. The molecule has 48 valence electrons. The van der Waals surface area contributed by atoms with Crippen LogP contribution in [0.4, 0.5) is 0 Å². The number of rotatable bonds is 2. The fourth-order valence-electron chi connectivity index (χ4n) is 0.893. The molecular weight excluding hydrogens is 118 g/mol. The van der Waals surface area contributed by atoms with Crippen molar-refractivity contribution in [3.8, 4) is 6.07 Å². The van der Waals surface area contributed by atoms with Crippen LogP contribution in [0.3, 0.4) is 0 Å². The number of aliphatic carboxylic acids is 1. The summed E-state index contributed by atoms with van der Waals surface area (Å²) in [5.41, 5.74) is 0. The first-order valence-electron chi connectivity index (χ1n) is 2.85. The Balaban J connectivity index is 2.27. The van der Waals surface area contributed by atoms with E-state index in [9.17, 15) is 4.79 Å². The van der Waals surface area contributed by atoms with Crippen molar-refractivity contribution < 1.29 is 9.90 Å². The van der Waals surface area contributed by atoms with Gasteiger partial charge in [0.1, 0.15) is 0 Å². The molecular formula is C6H7NO2. The van der Waals surface area contributed by atoms with Crippen molar-refractivity contribution in [1.82, 2.24) is 0 Å². The molecule has 1 saturated carbocycles. The Hall–Kier alpha value is -1.04. The number of carboxylic acid groups (broad SMARTS) is 1. The van der Waals surface area contributed by atoms with Gasteiger partial charge in [-0.05, 0) is 12.3 Å². The minimum Gasteiger partial charge on any atom is -0.481 e. The lowest BCUT2D eigenvalue weighted by molar-refractivity contribution is -0.138. The summed E-state index contributed by atoms with van der Waals surface area (Å²) in [5, 5.41) is 16.5. The van der Waals surface area contributed by atoms with Gasteiger partial charge in [-0.3, -0.25) is 4.79 Å². The first kappa shape index (κ1) is 6.09. The summed E-state index contributed by atoms with van der Waals surface area (Å²) < 4.78 is 0. The molecule has 3 heteroatoms. The Morgan fingerprint density at radius 1 is 1.89 bits per heavy atom. The number of hydrogen-bond acceptors (Lipinski definition) is 2. The van der Waals surface area contributed by atoms with Gasteiger partial charge in [-0.15, -0.1) is 0 Å². The zero-order valence-electron chi connectivity index (χ0n) is 4.87. The molecule has 1 rings (SSSR count). The molecule has 0 unspecified atom stereocenters. The molecule has 1 aliphatic carbocycles. The van der Waals surface area contributed by atoms with Crippen molar-refractivity contribution in [2.45, 2.75) is 12.8 Å². The zero-order chi connectivity index (χ0) is 6.85. The van der Waals surface area contributed by atoms with Gasteiger partial charge in [-0.1, -0.05) is 0 Å². The molecule has 0 aromatic heterocycles. The second-order valence-corrected chi connectivity index (χ2v) is 2.30. The van der Waals surface area contributed by atoms with Crippen LogP contribution in [0.5, 0.6) is 0 Å². The molecule has 3 nitrogen and oxygen atoms in total. The lowest BCUT2D eigenvalue weighted by atomic mass is 10.2.